The van der Waals surface area contributed by atoms with Gasteiger partial charge in [-0.15, -0.1) is 6.42 Å². The highest BCUT2D eigenvalue weighted by molar-refractivity contribution is 5.90. The highest BCUT2D eigenvalue weighted by Crippen LogP contribution is 2.15. The van der Waals surface area contributed by atoms with E-state index < -0.39 is 30.0 Å². The molecule has 0 aliphatic heterocycles. The molecule has 0 unspecified atom stereocenters. The van der Waals surface area contributed by atoms with Gasteiger partial charge in [-0.2, -0.15) is 13.2 Å². The summed E-state index contributed by atoms with van der Waals surface area (Å²) in [7, 11) is 0. The third-order valence-corrected chi connectivity index (χ3v) is 1.86. The van der Waals surface area contributed by atoms with Crippen LogP contribution in [-0.4, -0.2) is 30.6 Å². The molecule has 0 aromatic heterocycles. The minimum Gasteiger partial charge on any atom is -0.343 e. The van der Waals surface area contributed by atoms with Crippen molar-refractivity contribution < 1.29 is 22.8 Å². The van der Waals surface area contributed by atoms with Gasteiger partial charge in [0.2, 0.25) is 5.91 Å². The van der Waals surface area contributed by atoms with Gasteiger partial charge in [0.25, 0.3) is 0 Å². The second-order valence-corrected chi connectivity index (χ2v) is 3.61. The Kier molecular flexibility index (Phi) is 5.51. The molecule has 0 fully saturated rings. The van der Waals surface area contributed by atoms with Crippen molar-refractivity contribution >= 4 is 11.8 Å². The number of halogens is 3. The molecule has 0 rings (SSSR count). The fourth-order valence-corrected chi connectivity index (χ4v) is 1.01. The zero-order chi connectivity index (χ0) is 13.6. The zero-order valence-corrected chi connectivity index (χ0v) is 9.39. The number of rotatable bonds is 4. The van der Waals surface area contributed by atoms with Gasteiger partial charge in [-0.05, 0) is 5.92 Å². The summed E-state index contributed by atoms with van der Waals surface area (Å²) in [5.74, 6) is -1.26. The van der Waals surface area contributed by atoms with E-state index >= 15 is 0 Å². The lowest BCUT2D eigenvalue weighted by Gasteiger charge is -2.21. The van der Waals surface area contributed by atoms with Crippen molar-refractivity contribution in [1.82, 2.24) is 10.6 Å². The van der Waals surface area contributed by atoms with Gasteiger partial charge < -0.3 is 10.6 Å². The topological polar surface area (TPSA) is 58.2 Å². The third kappa shape index (κ3) is 5.24. The van der Waals surface area contributed by atoms with Crippen molar-refractivity contribution in [2.45, 2.75) is 26.1 Å². The summed E-state index contributed by atoms with van der Waals surface area (Å²) < 4.78 is 36.0. The minimum atomic E-state index is -5.01. The summed E-state index contributed by atoms with van der Waals surface area (Å²) in [5, 5.41) is 3.83. The summed E-state index contributed by atoms with van der Waals surface area (Å²) in [6.07, 6.45) is -0.123. The predicted octanol–water partition coefficient (Wildman–Crippen LogP) is 0.439. The lowest BCUT2D eigenvalue weighted by atomic mass is 10.0. The maximum Gasteiger partial charge on any atom is 0.471 e. The molecule has 0 aliphatic rings. The summed E-state index contributed by atoms with van der Waals surface area (Å²) in [6.45, 7) is 2.91. The first-order valence-electron chi connectivity index (χ1n) is 4.79. The smallest absolute Gasteiger partial charge is 0.343 e. The van der Waals surface area contributed by atoms with E-state index in [9.17, 15) is 22.8 Å². The van der Waals surface area contributed by atoms with Crippen LogP contribution >= 0.6 is 0 Å². The van der Waals surface area contributed by atoms with Crippen LogP contribution in [0.1, 0.15) is 13.8 Å². The SMILES string of the molecule is C#CCNC(=O)[C@@H](NC(=O)C(F)(F)F)C(C)C. The number of carbonyl (C=O) groups is 2. The summed E-state index contributed by atoms with van der Waals surface area (Å²) >= 11 is 0. The molecule has 7 heteroatoms. The van der Waals surface area contributed by atoms with Crippen molar-refractivity contribution in [3.05, 3.63) is 0 Å². The molecule has 0 heterocycles. The molecule has 0 saturated carbocycles. The molecular formula is C10H13F3N2O2. The van der Waals surface area contributed by atoms with E-state index in [1.54, 1.807) is 5.32 Å². The quantitative estimate of drug-likeness (QED) is 0.711. The van der Waals surface area contributed by atoms with Crippen molar-refractivity contribution in [1.29, 1.82) is 0 Å². The van der Waals surface area contributed by atoms with Gasteiger partial charge >= 0.3 is 12.1 Å². The van der Waals surface area contributed by atoms with Crippen molar-refractivity contribution in [2.24, 2.45) is 5.92 Å². The molecule has 4 nitrogen and oxygen atoms in total. The largest absolute Gasteiger partial charge is 0.471 e. The third-order valence-electron chi connectivity index (χ3n) is 1.86. The Balaban J connectivity index is 4.62. The Morgan fingerprint density at radius 1 is 1.35 bits per heavy atom. The van der Waals surface area contributed by atoms with Crippen LogP contribution in [0.15, 0.2) is 0 Å². The highest BCUT2D eigenvalue weighted by atomic mass is 19.4. The number of terminal acetylenes is 1. The maximum atomic E-state index is 12.0. The Bertz CT molecular complexity index is 331. The van der Waals surface area contributed by atoms with E-state index in [0.29, 0.717) is 0 Å². The molecule has 0 aliphatic carbocycles. The maximum absolute atomic E-state index is 12.0. The lowest BCUT2D eigenvalue weighted by Crippen LogP contribution is -2.53. The van der Waals surface area contributed by atoms with Crippen LogP contribution < -0.4 is 10.6 Å². The second-order valence-electron chi connectivity index (χ2n) is 3.61. The Labute approximate surface area is 96.9 Å². The first-order valence-corrected chi connectivity index (χ1v) is 4.79. The number of hydrogen-bond donors (Lipinski definition) is 2. The van der Waals surface area contributed by atoms with Gasteiger partial charge in [-0.1, -0.05) is 19.8 Å². The molecule has 17 heavy (non-hydrogen) atoms. The molecule has 0 spiro atoms. The van der Waals surface area contributed by atoms with E-state index in [1.165, 1.54) is 13.8 Å². The number of alkyl halides is 3. The second kappa shape index (κ2) is 6.13. The van der Waals surface area contributed by atoms with E-state index in [2.05, 4.69) is 11.2 Å². The Morgan fingerprint density at radius 3 is 2.24 bits per heavy atom. The predicted molar refractivity (Wildman–Crippen MR) is 54.7 cm³/mol. The molecular weight excluding hydrogens is 237 g/mol. The van der Waals surface area contributed by atoms with Crippen LogP contribution in [0.2, 0.25) is 0 Å². The molecule has 2 amide bonds. The minimum absolute atomic E-state index is 0.107. The summed E-state index contributed by atoms with van der Waals surface area (Å²) in [4.78, 5) is 22.1. The zero-order valence-electron chi connectivity index (χ0n) is 9.39. The average Bonchev–Trinajstić information content (AvgIpc) is 2.20. The van der Waals surface area contributed by atoms with Crippen LogP contribution in [0.25, 0.3) is 0 Å². The first-order chi connectivity index (χ1) is 7.70. The van der Waals surface area contributed by atoms with Crippen LogP contribution in [0.5, 0.6) is 0 Å². The first kappa shape index (κ1) is 15.3. The van der Waals surface area contributed by atoms with Crippen molar-refractivity contribution in [3.8, 4) is 12.3 Å². The molecule has 0 radical (unpaired) electrons. The van der Waals surface area contributed by atoms with Gasteiger partial charge in [0.1, 0.15) is 6.04 Å². The molecule has 0 aromatic carbocycles. The standard InChI is InChI=1S/C10H13F3N2O2/c1-4-5-14-8(16)7(6(2)3)15-9(17)10(11,12)13/h1,6-7H,5H2,2-3H3,(H,14,16)(H,15,17)/t7-/m0/s1. The van der Waals surface area contributed by atoms with E-state index in [-0.39, 0.29) is 6.54 Å². The number of hydrogen-bond acceptors (Lipinski definition) is 2. The van der Waals surface area contributed by atoms with E-state index in [1.807, 2.05) is 0 Å². The fraction of sp³-hybridized carbons (Fsp3) is 0.600. The summed E-state index contributed by atoms with van der Waals surface area (Å²) in [5.41, 5.74) is 0. The summed E-state index contributed by atoms with van der Waals surface area (Å²) in [6, 6.07) is -1.27. The van der Waals surface area contributed by atoms with E-state index in [4.69, 9.17) is 6.42 Å². The van der Waals surface area contributed by atoms with Crippen LogP contribution in [-0.2, 0) is 9.59 Å². The molecule has 2 N–H and O–H groups in total. The number of nitrogens with one attached hydrogen (secondary N) is 2. The molecule has 0 bridgehead atoms. The van der Waals surface area contributed by atoms with Crippen LogP contribution in [0.4, 0.5) is 13.2 Å². The van der Waals surface area contributed by atoms with E-state index in [0.717, 1.165) is 0 Å². The monoisotopic (exact) mass is 250 g/mol. The van der Waals surface area contributed by atoms with Gasteiger partial charge in [-0.3, -0.25) is 9.59 Å². The molecule has 96 valence electrons. The van der Waals surface area contributed by atoms with Crippen molar-refractivity contribution in [2.75, 3.05) is 6.54 Å². The van der Waals surface area contributed by atoms with Crippen LogP contribution in [0, 0.1) is 18.3 Å². The van der Waals surface area contributed by atoms with Gasteiger partial charge in [0.15, 0.2) is 0 Å². The molecule has 1 atom stereocenters. The van der Waals surface area contributed by atoms with Crippen LogP contribution in [0.3, 0.4) is 0 Å². The Morgan fingerprint density at radius 2 is 1.88 bits per heavy atom. The normalized spacial score (nSPS) is 12.8. The lowest BCUT2D eigenvalue weighted by molar-refractivity contribution is -0.175. The van der Waals surface area contributed by atoms with Crippen molar-refractivity contribution in [3.63, 3.8) is 0 Å². The molecule has 0 saturated heterocycles. The number of amides is 2. The van der Waals surface area contributed by atoms with Gasteiger partial charge in [0, 0.05) is 0 Å². The Hall–Kier alpha value is -1.71. The average molecular weight is 250 g/mol. The highest BCUT2D eigenvalue weighted by Gasteiger charge is 2.41. The fourth-order valence-electron chi connectivity index (χ4n) is 1.01. The molecule has 0 aromatic rings. The number of carbonyl (C=O) groups excluding carboxylic acids is 2. The van der Waals surface area contributed by atoms with Gasteiger partial charge in [0.05, 0.1) is 6.54 Å². The van der Waals surface area contributed by atoms with Gasteiger partial charge in [-0.25, -0.2) is 0 Å².